The lowest BCUT2D eigenvalue weighted by Gasteiger charge is -2.14. The van der Waals surface area contributed by atoms with Crippen molar-refractivity contribution < 1.29 is 14.7 Å². The second-order valence-electron chi connectivity index (χ2n) is 6.38. The van der Waals surface area contributed by atoms with Crippen LogP contribution in [0.4, 0.5) is 0 Å². The molecule has 1 aliphatic rings. The number of hydrogen-bond donors (Lipinski definition) is 2. The maximum Gasteiger partial charge on any atom is 0.278 e. The van der Waals surface area contributed by atoms with Crippen LogP contribution in [0.3, 0.4) is 0 Å². The number of hydrogen-bond acceptors (Lipinski definition) is 5. The average Bonchev–Trinajstić information content (AvgIpc) is 2.97. The van der Waals surface area contributed by atoms with Crippen molar-refractivity contribution in [1.82, 2.24) is 10.2 Å². The highest BCUT2D eigenvalue weighted by atomic mass is 79.9. The average molecular weight is 468 g/mol. The van der Waals surface area contributed by atoms with Crippen LogP contribution in [-0.2, 0) is 9.59 Å². The normalized spacial score (nSPS) is 15.2. The van der Waals surface area contributed by atoms with Gasteiger partial charge in [-0.05, 0) is 37.6 Å². The molecule has 0 fully saturated rings. The number of amides is 2. The highest BCUT2D eigenvalue weighted by Gasteiger charge is 2.29. The molecule has 0 aliphatic carbocycles. The van der Waals surface area contributed by atoms with Crippen LogP contribution in [0.5, 0.6) is 5.75 Å². The summed E-state index contributed by atoms with van der Waals surface area (Å²) in [4.78, 5) is 30.6. The Morgan fingerprint density at radius 1 is 1.32 bits per heavy atom. The van der Waals surface area contributed by atoms with Gasteiger partial charge in [-0.2, -0.15) is 0 Å². The Balaban J connectivity index is 2.00. The zero-order valence-electron chi connectivity index (χ0n) is 16.2. The molecular formula is C20H26BrN3O3S. The van der Waals surface area contributed by atoms with E-state index in [9.17, 15) is 14.7 Å². The van der Waals surface area contributed by atoms with Gasteiger partial charge < -0.3 is 10.4 Å². The molecule has 0 aromatic heterocycles. The van der Waals surface area contributed by atoms with Crippen molar-refractivity contribution in [1.29, 1.82) is 0 Å². The number of halogens is 1. The molecule has 0 atom stereocenters. The van der Waals surface area contributed by atoms with Crippen LogP contribution in [0.15, 0.2) is 33.4 Å². The van der Waals surface area contributed by atoms with E-state index in [2.05, 4.69) is 33.2 Å². The first-order valence-corrected chi connectivity index (χ1v) is 11.2. The van der Waals surface area contributed by atoms with Crippen molar-refractivity contribution in [3.05, 3.63) is 33.9 Å². The molecule has 0 bridgehead atoms. The van der Waals surface area contributed by atoms with Gasteiger partial charge in [-0.25, -0.2) is 4.99 Å². The molecule has 1 heterocycles. The lowest BCUT2D eigenvalue weighted by Crippen LogP contribution is -2.32. The Hall–Kier alpha value is -1.80. The summed E-state index contributed by atoms with van der Waals surface area (Å²) >= 11 is 4.60. The number of aliphatic imine (C=N–C) groups is 1. The van der Waals surface area contributed by atoms with E-state index in [1.54, 1.807) is 29.2 Å². The standard InChI is InChI=1S/C20H26BrN3O3S/c1-3-5-6-7-10-22-18(26)13-28-20-23-16(19(27)24(20)4-2)12-14-11-15(21)8-9-17(14)25/h8-9,11-12,25H,3-7,10,13H2,1-2H3,(H,22,26)/b16-12+. The third-order valence-corrected chi connectivity index (χ3v) is 5.66. The van der Waals surface area contributed by atoms with Crippen molar-refractivity contribution in [2.45, 2.75) is 39.5 Å². The van der Waals surface area contributed by atoms with E-state index >= 15 is 0 Å². The molecule has 1 aromatic rings. The largest absolute Gasteiger partial charge is 0.507 e. The Morgan fingerprint density at radius 2 is 2.11 bits per heavy atom. The summed E-state index contributed by atoms with van der Waals surface area (Å²) in [5.41, 5.74) is 0.756. The van der Waals surface area contributed by atoms with E-state index < -0.39 is 0 Å². The number of aromatic hydroxyl groups is 1. The molecule has 28 heavy (non-hydrogen) atoms. The number of rotatable bonds is 9. The zero-order chi connectivity index (χ0) is 20.5. The number of amidine groups is 1. The van der Waals surface area contributed by atoms with E-state index in [4.69, 9.17) is 0 Å². The number of thioether (sulfide) groups is 1. The van der Waals surface area contributed by atoms with Crippen LogP contribution in [0.1, 0.15) is 45.1 Å². The van der Waals surface area contributed by atoms with Crippen molar-refractivity contribution in [2.75, 3.05) is 18.8 Å². The van der Waals surface area contributed by atoms with Crippen molar-refractivity contribution in [3.63, 3.8) is 0 Å². The Morgan fingerprint density at radius 3 is 2.82 bits per heavy atom. The lowest BCUT2D eigenvalue weighted by atomic mass is 10.1. The summed E-state index contributed by atoms with van der Waals surface area (Å²) in [7, 11) is 0. The zero-order valence-corrected chi connectivity index (χ0v) is 18.6. The molecule has 0 saturated carbocycles. The molecule has 0 saturated heterocycles. The molecule has 1 aromatic carbocycles. The molecule has 0 spiro atoms. The number of carbonyl (C=O) groups is 2. The molecule has 8 heteroatoms. The number of nitrogens with one attached hydrogen (secondary N) is 1. The maximum absolute atomic E-state index is 12.6. The minimum atomic E-state index is -0.232. The molecule has 0 unspecified atom stereocenters. The van der Waals surface area contributed by atoms with Gasteiger partial charge in [0.2, 0.25) is 5.91 Å². The van der Waals surface area contributed by atoms with Crippen LogP contribution in [0, 0.1) is 0 Å². The first kappa shape index (κ1) is 22.5. The molecule has 6 nitrogen and oxygen atoms in total. The molecule has 0 radical (unpaired) electrons. The third kappa shape index (κ3) is 6.38. The number of carbonyl (C=O) groups excluding carboxylic acids is 2. The number of benzene rings is 1. The first-order valence-electron chi connectivity index (χ1n) is 9.46. The van der Waals surface area contributed by atoms with Gasteiger partial charge in [0.15, 0.2) is 5.17 Å². The van der Waals surface area contributed by atoms with Crippen LogP contribution in [-0.4, -0.2) is 45.8 Å². The number of nitrogens with zero attached hydrogens (tertiary/aromatic N) is 2. The minimum absolute atomic E-state index is 0.0604. The topological polar surface area (TPSA) is 82.0 Å². The highest BCUT2D eigenvalue weighted by molar-refractivity contribution is 9.10. The fraction of sp³-hybridized carbons (Fsp3) is 0.450. The second-order valence-corrected chi connectivity index (χ2v) is 8.23. The van der Waals surface area contributed by atoms with Crippen LogP contribution < -0.4 is 5.32 Å². The van der Waals surface area contributed by atoms with Crippen LogP contribution in [0.2, 0.25) is 0 Å². The van der Waals surface area contributed by atoms with Gasteiger partial charge in [0.1, 0.15) is 11.4 Å². The maximum atomic E-state index is 12.6. The molecule has 2 rings (SSSR count). The predicted molar refractivity (Wildman–Crippen MR) is 118 cm³/mol. The Bertz CT molecular complexity index is 780. The van der Waals surface area contributed by atoms with Gasteiger partial charge in [0, 0.05) is 23.1 Å². The smallest absolute Gasteiger partial charge is 0.278 e. The number of phenols is 1. The predicted octanol–water partition coefficient (Wildman–Crippen LogP) is 4.14. The van der Waals surface area contributed by atoms with Gasteiger partial charge in [-0.15, -0.1) is 0 Å². The monoisotopic (exact) mass is 467 g/mol. The summed E-state index contributed by atoms with van der Waals surface area (Å²) in [6, 6.07) is 4.99. The fourth-order valence-electron chi connectivity index (χ4n) is 2.67. The van der Waals surface area contributed by atoms with Crippen LogP contribution in [0.25, 0.3) is 6.08 Å². The van der Waals surface area contributed by atoms with E-state index in [0.29, 0.717) is 23.8 Å². The summed E-state index contributed by atoms with van der Waals surface area (Å²) in [6.45, 7) is 5.15. The van der Waals surface area contributed by atoms with E-state index in [1.807, 2.05) is 6.92 Å². The van der Waals surface area contributed by atoms with E-state index in [0.717, 1.165) is 23.7 Å². The molecular weight excluding hydrogens is 442 g/mol. The lowest BCUT2D eigenvalue weighted by molar-refractivity contribution is -0.122. The van der Waals surface area contributed by atoms with Gasteiger partial charge >= 0.3 is 0 Å². The summed E-state index contributed by atoms with van der Waals surface area (Å²) in [5.74, 6) is -0.00404. The summed E-state index contributed by atoms with van der Waals surface area (Å²) in [5, 5.41) is 13.4. The van der Waals surface area contributed by atoms with Crippen molar-refractivity contribution in [3.8, 4) is 5.75 Å². The molecule has 1 aliphatic heterocycles. The van der Waals surface area contributed by atoms with Crippen molar-refractivity contribution in [2.24, 2.45) is 4.99 Å². The van der Waals surface area contributed by atoms with E-state index in [-0.39, 0.29) is 29.0 Å². The third-order valence-electron chi connectivity index (χ3n) is 4.19. The van der Waals surface area contributed by atoms with Gasteiger partial charge in [0.05, 0.1) is 5.75 Å². The van der Waals surface area contributed by atoms with Gasteiger partial charge in [-0.3, -0.25) is 14.5 Å². The van der Waals surface area contributed by atoms with Crippen LogP contribution >= 0.6 is 27.7 Å². The number of phenolic OH excluding ortho intramolecular Hbond substituents is 1. The summed E-state index contributed by atoms with van der Waals surface area (Å²) in [6.07, 6.45) is 6.00. The summed E-state index contributed by atoms with van der Waals surface area (Å²) < 4.78 is 0.795. The Labute approximate surface area is 178 Å². The number of unbranched alkanes of at least 4 members (excludes halogenated alkanes) is 3. The highest BCUT2D eigenvalue weighted by Crippen LogP contribution is 2.28. The Kier molecular flexibility index (Phi) is 9.05. The van der Waals surface area contributed by atoms with E-state index in [1.165, 1.54) is 18.2 Å². The first-order chi connectivity index (χ1) is 13.5. The number of likely N-dealkylation sites (N-methyl/N-ethyl adjacent to an activating group) is 1. The SMILES string of the molecule is CCCCCCNC(=O)CSC1=N/C(=C/c2cc(Br)ccc2O)C(=O)N1CC. The fourth-order valence-corrected chi connectivity index (χ4v) is 3.94. The molecule has 2 N–H and O–H groups in total. The van der Waals surface area contributed by atoms with Crippen molar-refractivity contribution >= 4 is 50.7 Å². The molecule has 152 valence electrons. The van der Waals surface area contributed by atoms with Gasteiger partial charge in [-0.1, -0.05) is 53.9 Å². The quantitative estimate of drug-likeness (QED) is 0.422. The second kappa shape index (κ2) is 11.3. The molecule has 2 amide bonds. The minimum Gasteiger partial charge on any atom is -0.507 e. The van der Waals surface area contributed by atoms with Gasteiger partial charge in [0.25, 0.3) is 5.91 Å².